The van der Waals surface area contributed by atoms with Crippen molar-refractivity contribution in [3.05, 3.63) is 35.9 Å². The van der Waals surface area contributed by atoms with Crippen molar-refractivity contribution in [2.75, 3.05) is 0 Å². The van der Waals surface area contributed by atoms with Gasteiger partial charge in [0.15, 0.2) is 0 Å². The number of benzene rings is 1. The minimum atomic E-state index is -0.334. The number of rotatable bonds is 11. The Morgan fingerprint density at radius 3 is 2.44 bits per heavy atom. The van der Waals surface area contributed by atoms with E-state index >= 15 is 0 Å². The van der Waals surface area contributed by atoms with E-state index in [1.165, 1.54) is 56.9 Å². The maximum atomic E-state index is 12.7. The van der Waals surface area contributed by atoms with Crippen molar-refractivity contribution in [3.8, 4) is 0 Å². The van der Waals surface area contributed by atoms with Crippen LogP contribution in [-0.2, 0) is 4.79 Å². The number of carbonyl (C=O) groups excluding carboxylic acids is 1. The second-order valence-corrected chi connectivity index (χ2v) is 7.92. The number of nitrogens with two attached hydrogens (primary N) is 1. The Balaban J connectivity index is 2.09. The van der Waals surface area contributed by atoms with Crippen LogP contribution in [-0.4, -0.2) is 5.91 Å². The highest BCUT2D eigenvalue weighted by atomic mass is 16.1. The Labute approximate surface area is 154 Å². The van der Waals surface area contributed by atoms with Gasteiger partial charge in [-0.15, -0.1) is 0 Å². The summed E-state index contributed by atoms with van der Waals surface area (Å²) in [5, 5.41) is 0. The van der Waals surface area contributed by atoms with Crippen LogP contribution >= 0.6 is 0 Å². The van der Waals surface area contributed by atoms with E-state index < -0.39 is 0 Å². The van der Waals surface area contributed by atoms with Crippen LogP contribution < -0.4 is 5.73 Å². The lowest BCUT2D eigenvalue weighted by Crippen LogP contribution is -2.45. The van der Waals surface area contributed by atoms with Crippen LogP contribution in [0, 0.1) is 11.3 Å². The molecule has 0 aliphatic heterocycles. The molecule has 0 aromatic heterocycles. The molecular formula is C23H37NO. The lowest BCUT2D eigenvalue weighted by Gasteiger charge is -2.40. The molecule has 1 aromatic carbocycles. The number of hydrogen-bond donors (Lipinski definition) is 1. The highest BCUT2D eigenvalue weighted by molar-refractivity contribution is 5.83. The van der Waals surface area contributed by atoms with Gasteiger partial charge in [-0.2, -0.15) is 0 Å². The second kappa shape index (κ2) is 9.99. The normalized spacial score (nSPS) is 24.3. The zero-order chi connectivity index (χ0) is 18.1. The molecule has 0 bridgehead atoms. The van der Waals surface area contributed by atoms with Gasteiger partial charge in [0.1, 0.15) is 0 Å². The van der Waals surface area contributed by atoms with E-state index in [4.69, 9.17) is 5.73 Å². The fraction of sp³-hybridized carbons (Fsp3) is 0.696. The molecule has 1 fully saturated rings. The monoisotopic (exact) mass is 343 g/mol. The topological polar surface area (TPSA) is 43.1 Å². The summed E-state index contributed by atoms with van der Waals surface area (Å²) in [6.45, 7) is 4.47. The van der Waals surface area contributed by atoms with Crippen molar-refractivity contribution in [2.45, 2.75) is 90.4 Å². The molecule has 0 saturated heterocycles. The maximum Gasteiger partial charge on any atom is 0.224 e. The van der Waals surface area contributed by atoms with Gasteiger partial charge in [0.2, 0.25) is 5.91 Å². The van der Waals surface area contributed by atoms with Crippen molar-refractivity contribution in [2.24, 2.45) is 17.1 Å². The quantitative estimate of drug-likeness (QED) is 0.477. The Morgan fingerprint density at radius 2 is 1.80 bits per heavy atom. The van der Waals surface area contributed by atoms with Crippen LogP contribution in [0.1, 0.15) is 96.0 Å². The van der Waals surface area contributed by atoms with E-state index in [2.05, 4.69) is 44.2 Å². The smallest absolute Gasteiger partial charge is 0.224 e. The Morgan fingerprint density at radius 1 is 1.12 bits per heavy atom. The molecule has 0 spiro atoms. The van der Waals surface area contributed by atoms with Crippen LogP contribution in [0.3, 0.4) is 0 Å². The molecule has 1 aliphatic rings. The van der Waals surface area contributed by atoms with Crippen LogP contribution in [0.25, 0.3) is 0 Å². The molecule has 1 aromatic rings. The first-order valence-corrected chi connectivity index (χ1v) is 10.5. The van der Waals surface area contributed by atoms with E-state index in [-0.39, 0.29) is 17.2 Å². The standard InChI is InChI=1S/C23H37NO/c1-3-5-6-7-8-12-16-20-17-13-18-23(20,22(24)25)21(4-2)19-14-10-9-11-15-19/h9-11,14-15,20-21H,3-8,12-13,16-18H2,1-2H3,(H2,24,25). The molecule has 1 aliphatic carbocycles. The van der Waals surface area contributed by atoms with Gasteiger partial charge in [0, 0.05) is 0 Å². The first kappa shape index (κ1) is 20.0. The predicted octanol–water partition coefficient (Wildman–Crippen LogP) is 6.20. The van der Waals surface area contributed by atoms with Crippen molar-refractivity contribution >= 4 is 5.91 Å². The molecule has 2 N–H and O–H groups in total. The number of unbranched alkanes of at least 4 members (excludes halogenated alkanes) is 5. The lowest BCUT2D eigenvalue weighted by atomic mass is 9.63. The van der Waals surface area contributed by atoms with Crippen LogP contribution in [0.4, 0.5) is 0 Å². The average Bonchev–Trinajstić information content (AvgIpc) is 3.04. The van der Waals surface area contributed by atoms with E-state index in [9.17, 15) is 4.79 Å². The van der Waals surface area contributed by atoms with Gasteiger partial charge in [-0.1, -0.05) is 89.1 Å². The minimum absolute atomic E-state index is 0.0586. The molecule has 3 unspecified atom stereocenters. The highest BCUT2D eigenvalue weighted by Gasteiger charge is 2.52. The minimum Gasteiger partial charge on any atom is -0.369 e. The number of carbonyl (C=O) groups is 1. The molecule has 25 heavy (non-hydrogen) atoms. The third-order valence-corrected chi connectivity index (χ3v) is 6.47. The van der Waals surface area contributed by atoms with Gasteiger partial charge in [0.05, 0.1) is 5.41 Å². The fourth-order valence-corrected chi connectivity index (χ4v) is 5.21. The van der Waals surface area contributed by atoms with E-state index in [1.807, 2.05) is 0 Å². The van der Waals surface area contributed by atoms with Gasteiger partial charge in [-0.05, 0) is 43.1 Å². The zero-order valence-corrected chi connectivity index (χ0v) is 16.3. The van der Waals surface area contributed by atoms with Crippen LogP contribution in [0.15, 0.2) is 30.3 Å². The van der Waals surface area contributed by atoms with E-state index in [1.54, 1.807) is 0 Å². The molecule has 0 heterocycles. The molecule has 0 radical (unpaired) electrons. The molecule has 1 amide bonds. The molecule has 3 atom stereocenters. The molecule has 140 valence electrons. The number of hydrogen-bond acceptors (Lipinski definition) is 1. The van der Waals surface area contributed by atoms with Gasteiger partial charge in [-0.3, -0.25) is 4.79 Å². The summed E-state index contributed by atoms with van der Waals surface area (Å²) in [7, 11) is 0. The van der Waals surface area contributed by atoms with Crippen LogP contribution in [0.2, 0.25) is 0 Å². The largest absolute Gasteiger partial charge is 0.369 e. The summed E-state index contributed by atoms with van der Waals surface area (Å²) < 4.78 is 0. The Hall–Kier alpha value is -1.31. The molecule has 2 rings (SSSR count). The zero-order valence-electron chi connectivity index (χ0n) is 16.3. The third kappa shape index (κ3) is 4.65. The van der Waals surface area contributed by atoms with Gasteiger partial charge < -0.3 is 5.73 Å². The summed E-state index contributed by atoms with van der Waals surface area (Å²) in [6, 6.07) is 10.6. The maximum absolute atomic E-state index is 12.7. The average molecular weight is 344 g/mol. The summed E-state index contributed by atoms with van der Waals surface area (Å²) in [5.74, 6) is 0.664. The Bertz CT molecular complexity index is 512. The summed E-state index contributed by atoms with van der Waals surface area (Å²) in [6.07, 6.45) is 13.3. The van der Waals surface area contributed by atoms with Gasteiger partial charge in [-0.25, -0.2) is 0 Å². The van der Waals surface area contributed by atoms with Crippen molar-refractivity contribution in [1.82, 2.24) is 0 Å². The Kier molecular flexibility index (Phi) is 7.99. The first-order valence-electron chi connectivity index (χ1n) is 10.5. The van der Waals surface area contributed by atoms with Crippen molar-refractivity contribution in [3.63, 3.8) is 0 Å². The van der Waals surface area contributed by atoms with Crippen molar-refractivity contribution in [1.29, 1.82) is 0 Å². The lowest BCUT2D eigenvalue weighted by molar-refractivity contribution is -0.131. The first-order chi connectivity index (χ1) is 12.2. The summed E-state index contributed by atoms with van der Waals surface area (Å²) in [4.78, 5) is 12.7. The van der Waals surface area contributed by atoms with Crippen LogP contribution in [0.5, 0.6) is 0 Å². The molecule has 1 saturated carbocycles. The number of amides is 1. The second-order valence-electron chi connectivity index (χ2n) is 7.92. The molecule has 2 heteroatoms. The third-order valence-electron chi connectivity index (χ3n) is 6.47. The number of primary amides is 1. The summed E-state index contributed by atoms with van der Waals surface area (Å²) in [5.41, 5.74) is 7.02. The highest BCUT2D eigenvalue weighted by Crippen LogP contribution is 2.55. The van der Waals surface area contributed by atoms with Crippen molar-refractivity contribution < 1.29 is 4.79 Å². The van der Waals surface area contributed by atoms with Gasteiger partial charge >= 0.3 is 0 Å². The SMILES string of the molecule is CCCCCCCCC1CCCC1(C(N)=O)C(CC)c1ccccc1. The molecule has 2 nitrogen and oxygen atoms in total. The van der Waals surface area contributed by atoms with E-state index in [0.717, 1.165) is 19.3 Å². The van der Waals surface area contributed by atoms with Gasteiger partial charge in [0.25, 0.3) is 0 Å². The summed E-state index contributed by atoms with van der Waals surface area (Å²) >= 11 is 0. The van der Waals surface area contributed by atoms with E-state index in [0.29, 0.717) is 5.92 Å². The predicted molar refractivity (Wildman–Crippen MR) is 106 cm³/mol. The molecular weight excluding hydrogens is 306 g/mol. The fourth-order valence-electron chi connectivity index (χ4n) is 5.21.